The zero-order chi connectivity index (χ0) is 7.11. The van der Waals surface area contributed by atoms with Gasteiger partial charge in [-0.05, 0) is 6.42 Å². The largest absolute Gasteiger partial charge is 0.506 e. The Morgan fingerprint density at radius 3 is 2.78 bits per heavy atom. The van der Waals surface area contributed by atoms with E-state index in [9.17, 15) is 4.89 Å². The standard InChI is InChI=1S/C4H13NO3P/c1-2-3-4-7-9(6)8-5/h9H,2-4H2,1,5H3/q+2. The summed E-state index contributed by atoms with van der Waals surface area (Å²) in [6.07, 6.45) is 1.95. The van der Waals surface area contributed by atoms with Crippen molar-refractivity contribution in [1.29, 1.82) is 0 Å². The molecule has 1 radical (unpaired) electrons. The monoisotopic (exact) mass is 154 g/mol. The van der Waals surface area contributed by atoms with E-state index in [4.69, 9.17) is 4.52 Å². The predicted octanol–water partition coefficient (Wildman–Crippen LogP) is 0.366. The van der Waals surface area contributed by atoms with E-state index in [0.29, 0.717) is 6.61 Å². The van der Waals surface area contributed by atoms with E-state index in [2.05, 4.69) is 10.5 Å². The van der Waals surface area contributed by atoms with Crippen molar-refractivity contribution in [2.75, 3.05) is 6.61 Å². The summed E-state index contributed by atoms with van der Waals surface area (Å²) in [7, 11) is -2.26. The maximum Gasteiger partial charge on any atom is 0.506 e. The van der Waals surface area contributed by atoms with Crippen LogP contribution in [-0.4, -0.2) is 6.61 Å². The zero-order valence-electron chi connectivity index (χ0n) is 5.55. The molecule has 0 saturated heterocycles. The zero-order valence-corrected chi connectivity index (χ0v) is 6.55. The molecule has 0 amide bonds. The van der Waals surface area contributed by atoms with Crippen LogP contribution in [-0.2, 0) is 14.0 Å². The van der Waals surface area contributed by atoms with Gasteiger partial charge in [-0.2, -0.15) is 10.4 Å². The first-order valence-electron chi connectivity index (χ1n) is 2.90. The molecule has 0 heterocycles. The van der Waals surface area contributed by atoms with Gasteiger partial charge in [0, 0.05) is 9.52 Å². The third-order valence-corrected chi connectivity index (χ3v) is 1.51. The van der Waals surface area contributed by atoms with Gasteiger partial charge in [0.05, 0.1) is 6.61 Å². The Kier molecular flexibility index (Phi) is 6.58. The SMILES string of the molecule is CCCCO[PH+]([O])O[NH3+]. The summed E-state index contributed by atoms with van der Waals surface area (Å²) in [5.41, 5.74) is 0. The van der Waals surface area contributed by atoms with Crippen molar-refractivity contribution in [2.45, 2.75) is 19.8 Å². The van der Waals surface area contributed by atoms with Crippen molar-refractivity contribution in [3.63, 3.8) is 0 Å². The molecule has 0 spiro atoms. The summed E-state index contributed by atoms with van der Waals surface area (Å²) in [5.74, 6) is 2.97. The summed E-state index contributed by atoms with van der Waals surface area (Å²) in [6, 6.07) is 0. The van der Waals surface area contributed by atoms with E-state index in [-0.39, 0.29) is 0 Å². The van der Waals surface area contributed by atoms with Crippen LogP contribution >= 0.6 is 8.60 Å². The van der Waals surface area contributed by atoms with Gasteiger partial charge in [0.15, 0.2) is 0 Å². The molecule has 0 aliphatic rings. The summed E-state index contributed by atoms with van der Waals surface area (Å²) in [5, 5.41) is 0. The Labute approximate surface area is 55.9 Å². The molecule has 5 heteroatoms. The van der Waals surface area contributed by atoms with Gasteiger partial charge in [0.1, 0.15) is 0 Å². The Morgan fingerprint density at radius 1 is 1.67 bits per heavy atom. The second-order valence-electron chi connectivity index (χ2n) is 1.60. The molecule has 1 unspecified atom stereocenters. The lowest BCUT2D eigenvalue weighted by molar-refractivity contribution is -0.640. The van der Waals surface area contributed by atoms with E-state index in [1.807, 2.05) is 6.92 Å². The highest BCUT2D eigenvalue weighted by molar-refractivity contribution is 7.40. The normalized spacial score (nSPS) is 13.7. The Hall–Kier alpha value is 0.270. The molecule has 9 heavy (non-hydrogen) atoms. The van der Waals surface area contributed by atoms with Crippen molar-refractivity contribution in [1.82, 2.24) is 0 Å². The topological polar surface area (TPSA) is 66.0 Å². The van der Waals surface area contributed by atoms with Gasteiger partial charge in [-0.25, -0.2) is 0 Å². The van der Waals surface area contributed by atoms with Crippen LogP contribution in [0.25, 0.3) is 0 Å². The molecule has 0 aromatic carbocycles. The molecule has 0 rings (SSSR count). The molecular formula is C4H13NO3P+2. The van der Waals surface area contributed by atoms with Crippen LogP contribution in [0.1, 0.15) is 19.8 Å². The van der Waals surface area contributed by atoms with E-state index in [0.717, 1.165) is 12.8 Å². The Balaban J connectivity index is 2.88. The number of unbranched alkanes of at least 4 members (excludes halogenated alkanes) is 1. The van der Waals surface area contributed by atoms with Crippen molar-refractivity contribution in [3.05, 3.63) is 0 Å². The highest BCUT2D eigenvalue weighted by Gasteiger charge is 2.17. The van der Waals surface area contributed by atoms with Crippen LogP contribution in [0.5, 0.6) is 0 Å². The smallest absolute Gasteiger partial charge is 0.173 e. The Morgan fingerprint density at radius 2 is 2.33 bits per heavy atom. The molecule has 0 aromatic rings. The molecule has 1 atom stereocenters. The second kappa shape index (κ2) is 6.39. The van der Waals surface area contributed by atoms with Crippen molar-refractivity contribution >= 4 is 8.60 Å². The average Bonchev–Trinajstić information content (AvgIpc) is 1.89. The van der Waals surface area contributed by atoms with Crippen molar-refractivity contribution in [3.8, 4) is 0 Å². The summed E-state index contributed by atoms with van der Waals surface area (Å²) in [6.45, 7) is 2.54. The van der Waals surface area contributed by atoms with E-state index >= 15 is 0 Å². The Bertz CT molecular complexity index is 63.8. The fourth-order valence-electron chi connectivity index (χ4n) is 0.342. The molecule has 0 fully saturated rings. The van der Waals surface area contributed by atoms with Crippen LogP contribution in [0.15, 0.2) is 0 Å². The summed E-state index contributed by atoms with van der Waals surface area (Å²) < 4.78 is 8.86. The number of hydrogen-bond donors (Lipinski definition) is 1. The minimum atomic E-state index is -2.26. The highest BCUT2D eigenvalue weighted by Crippen LogP contribution is 2.30. The van der Waals surface area contributed by atoms with Crippen molar-refractivity contribution in [2.24, 2.45) is 0 Å². The van der Waals surface area contributed by atoms with Gasteiger partial charge in [-0.1, -0.05) is 13.3 Å². The van der Waals surface area contributed by atoms with Crippen LogP contribution in [0.3, 0.4) is 0 Å². The van der Waals surface area contributed by atoms with Gasteiger partial charge in [-0.15, -0.1) is 0 Å². The predicted molar refractivity (Wildman–Crippen MR) is 33.8 cm³/mol. The molecular weight excluding hydrogens is 141 g/mol. The number of quaternary nitrogens is 1. The quantitative estimate of drug-likeness (QED) is 0.353. The first kappa shape index (κ1) is 9.27. The summed E-state index contributed by atoms with van der Waals surface area (Å²) >= 11 is 0. The third-order valence-electron chi connectivity index (χ3n) is 0.836. The highest BCUT2D eigenvalue weighted by atomic mass is 31.2. The van der Waals surface area contributed by atoms with Gasteiger partial charge < -0.3 is 0 Å². The van der Waals surface area contributed by atoms with Gasteiger partial charge in [0.25, 0.3) is 0 Å². The molecule has 0 aliphatic carbocycles. The van der Waals surface area contributed by atoms with Gasteiger partial charge >= 0.3 is 8.60 Å². The van der Waals surface area contributed by atoms with E-state index < -0.39 is 8.60 Å². The van der Waals surface area contributed by atoms with Crippen LogP contribution in [0.4, 0.5) is 0 Å². The lowest BCUT2D eigenvalue weighted by atomic mass is 10.4. The van der Waals surface area contributed by atoms with Crippen LogP contribution < -0.4 is 5.90 Å². The van der Waals surface area contributed by atoms with Gasteiger partial charge in [-0.3, -0.25) is 0 Å². The second-order valence-corrected chi connectivity index (χ2v) is 2.67. The molecule has 0 saturated carbocycles. The summed E-state index contributed by atoms with van der Waals surface area (Å²) in [4.78, 5) is 10.4. The maximum absolute atomic E-state index is 10.4. The molecule has 0 aromatic heterocycles. The fraction of sp³-hybridized carbons (Fsp3) is 1.00. The number of rotatable bonds is 5. The van der Waals surface area contributed by atoms with Crippen molar-refractivity contribution < 1.29 is 19.9 Å². The van der Waals surface area contributed by atoms with Crippen LogP contribution in [0.2, 0.25) is 0 Å². The molecule has 55 valence electrons. The molecule has 0 aliphatic heterocycles. The minimum Gasteiger partial charge on any atom is -0.173 e. The fourth-order valence-corrected chi connectivity index (χ4v) is 0.736. The lowest BCUT2D eigenvalue weighted by Crippen LogP contribution is -2.46. The lowest BCUT2D eigenvalue weighted by Gasteiger charge is -1.91. The van der Waals surface area contributed by atoms with Gasteiger partial charge in [0.2, 0.25) is 0 Å². The van der Waals surface area contributed by atoms with E-state index in [1.165, 1.54) is 0 Å². The maximum atomic E-state index is 10.4. The van der Waals surface area contributed by atoms with E-state index in [1.54, 1.807) is 0 Å². The van der Waals surface area contributed by atoms with Crippen LogP contribution in [0, 0.1) is 0 Å². The minimum absolute atomic E-state index is 0.504. The third kappa shape index (κ3) is 6.15. The first-order valence-corrected chi connectivity index (χ1v) is 4.12. The molecule has 4 nitrogen and oxygen atoms in total. The average molecular weight is 154 g/mol. The first-order chi connectivity index (χ1) is 4.31. The number of hydrogen-bond acceptors (Lipinski definition) is 2. The molecule has 3 N–H and O–H groups in total. The molecule has 0 bridgehead atoms.